The van der Waals surface area contributed by atoms with Crippen molar-refractivity contribution in [2.75, 3.05) is 25.4 Å². The van der Waals surface area contributed by atoms with Gasteiger partial charge in [0.15, 0.2) is 23.0 Å². The van der Waals surface area contributed by atoms with Crippen LogP contribution in [0.3, 0.4) is 0 Å². The van der Waals surface area contributed by atoms with Crippen LogP contribution < -0.4 is 18.9 Å². The number of alkyl halides is 1. The number of aromatic nitrogens is 1. The van der Waals surface area contributed by atoms with E-state index in [2.05, 4.69) is 34.7 Å². The second kappa shape index (κ2) is 7.19. The monoisotopic (exact) mass is 463 g/mol. The Hall–Kier alpha value is -2.22. The minimum Gasteiger partial charge on any atom is -0.493 e. The van der Waals surface area contributed by atoms with Gasteiger partial charge in [-0.2, -0.15) is 0 Å². The molecule has 0 spiro atoms. The smallest absolute Gasteiger partial charge is 0.231 e. The molecule has 1 aliphatic heterocycles. The van der Waals surface area contributed by atoms with Gasteiger partial charge in [-0.05, 0) is 41.6 Å². The number of methoxy groups -OCH3 is 2. The minimum atomic E-state index is 0.268. The highest BCUT2D eigenvalue weighted by molar-refractivity contribution is 14.1. The van der Waals surface area contributed by atoms with Gasteiger partial charge in [0.25, 0.3) is 0 Å². The summed E-state index contributed by atoms with van der Waals surface area (Å²) in [6.07, 6.45) is 2.78. The molecule has 5 nitrogen and oxygen atoms in total. The Labute approximate surface area is 165 Å². The van der Waals surface area contributed by atoms with Crippen molar-refractivity contribution in [2.45, 2.75) is 6.42 Å². The molecular formula is C20H18INO4. The lowest BCUT2D eigenvalue weighted by Crippen LogP contribution is -1.96. The number of benzene rings is 2. The lowest BCUT2D eigenvalue weighted by atomic mass is 9.99. The molecule has 134 valence electrons. The molecule has 0 atom stereocenters. The summed E-state index contributed by atoms with van der Waals surface area (Å²) in [4.78, 5) is 4.70. The third kappa shape index (κ3) is 2.92. The maximum absolute atomic E-state index is 5.56. The Bertz CT molecular complexity index is 974. The first-order valence-electron chi connectivity index (χ1n) is 8.24. The fourth-order valence-electron chi connectivity index (χ4n) is 3.22. The van der Waals surface area contributed by atoms with Gasteiger partial charge < -0.3 is 18.9 Å². The third-order valence-corrected chi connectivity index (χ3v) is 5.02. The fourth-order valence-corrected chi connectivity index (χ4v) is 3.80. The van der Waals surface area contributed by atoms with Gasteiger partial charge in [0.2, 0.25) is 6.79 Å². The van der Waals surface area contributed by atoms with Crippen LogP contribution >= 0.6 is 22.6 Å². The van der Waals surface area contributed by atoms with Crippen molar-refractivity contribution < 1.29 is 18.9 Å². The van der Waals surface area contributed by atoms with Crippen LogP contribution in [0.25, 0.3) is 22.0 Å². The molecule has 6 heteroatoms. The lowest BCUT2D eigenvalue weighted by molar-refractivity contribution is 0.174. The summed E-state index contributed by atoms with van der Waals surface area (Å²) < 4.78 is 23.0. The molecule has 0 N–H and O–H groups in total. The van der Waals surface area contributed by atoms with E-state index >= 15 is 0 Å². The first-order valence-corrected chi connectivity index (χ1v) is 9.77. The SMILES string of the molecule is COc1ccc2cc(-c3cc4c(cc3CCI)OCO4)ncc2c1OC. The summed E-state index contributed by atoms with van der Waals surface area (Å²) in [6, 6.07) is 10.1. The molecule has 0 saturated heterocycles. The number of hydrogen-bond donors (Lipinski definition) is 0. The van der Waals surface area contributed by atoms with Crippen LogP contribution in [-0.4, -0.2) is 30.4 Å². The fraction of sp³-hybridized carbons (Fsp3) is 0.250. The zero-order valence-electron chi connectivity index (χ0n) is 14.5. The molecule has 4 rings (SSSR count). The first kappa shape index (κ1) is 17.2. The van der Waals surface area contributed by atoms with Gasteiger partial charge >= 0.3 is 0 Å². The van der Waals surface area contributed by atoms with Gasteiger partial charge in [-0.3, -0.25) is 4.98 Å². The number of hydrogen-bond acceptors (Lipinski definition) is 5. The van der Waals surface area contributed by atoms with E-state index < -0.39 is 0 Å². The Morgan fingerprint density at radius 1 is 1.08 bits per heavy atom. The van der Waals surface area contributed by atoms with E-state index in [9.17, 15) is 0 Å². The minimum absolute atomic E-state index is 0.268. The molecule has 0 bridgehead atoms. The van der Waals surface area contributed by atoms with E-state index in [0.717, 1.165) is 44.4 Å². The number of pyridine rings is 1. The summed E-state index contributed by atoms with van der Waals surface area (Å²) in [6.45, 7) is 0.268. The van der Waals surface area contributed by atoms with Crippen LogP contribution in [0.5, 0.6) is 23.0 Å². The standard InChI is InChI=1S/C20H18INO4/c1-23-17-4-3-12-7-16(22-10-15(12)20(17)24-2)14-9-19-18(25-11-26-19)8-13(14)5-6-21/h3-4,7-10H,5-6,11H2,1-2H3. The summed E-state index contributed by atoms with van der Waals surface area (Å²) in [5, 5.41) is 1.97. The quantitative estimate of drug-likeness (QED) is 0.408. The van der Waals surface area contributed by atoms with Crippen molar-refractivity contribution in [2.24, 2.45) is 0 Å². The van der Waals surface area contributed by atoms with E-state index in [1.54, 1.807) is 14.2 Å². The molecule has 2 aromatic carbocycles. The van der Waals surface area contributed by atoms with Crippen LogP contribution in [0.15, 0.2) is 36.5 Å². The maximum Gasteiger partial charge on any atom is 0.231 e. The van der Waals surface area contributed by atoms with Crippen molar-refractivity contribution in [1.29, 1.82) is 0 Å². The lowest BCUT2D eigenvalue weighted by Gasteiger charge is -2.13. The number of rotatable bonds is 5. The van der Waals surface area contributed by atoms with E-state index in [0.29, 0.717) is 11.5 Å². The number of aryl methyl sites for hydroxylation is 1. The number of nitrogens with zero attached hydrogens (tertiary/aromatic N) is 1. The van der Waals surface area contributed by atoms with Gasteiger partial charge in [-0.25, -0.2) is 0 Å². The highest BCUT2D eigenvalue weighted by Gasteiger charge is 2.19. The van der Waals surface area contributed by atoms with Gasteiger partial charge in [0, 0.05) is 21.6 Å². The Morgan fingerprint density at radius 3 is 2.62 bits per heavy atom. The number of fused-ring (bicyclic) bond motifs is 2. The van der Waals surface area contributed by atoms with Crippen molar-refractivity contribution in [3.63, 3.8) is 0 Å². The zero-order chi connectivity index (χ0) is 18.1. The van der Waals surface area contributed by atoms with Crippen molar-refractivity contribution in [1.82, 2.24) is 4.98 Å². The molecule has 0 amide bonds. The molecule has 1 aliphatic rings. The van der Waals surface area contributed by atoms with E-state index in [-0.39, 0.29) is 6.79 Å². The molecule has 2 heterocycles. The largest absolute Gasteiger partial charge is 0.493 e. The average Bonchev–Trinajstić information content (AvgIpc) is 3.13. The predicted octanol–water partition coefficient (Wildman–Crippen LogP) is 4.63. The predicted molar refractivity (Wildman–Crippen MR) is 109 cm³/mol. The normalized spacial score (nSPS) is 12.4. The summed E-state index contributed by atoms with van der Waals surface area (Å²) in [5.74, 6) is 2.97. The topological polar surface area (TPSA) is 49.8 Å². The second-order valence-electron chi connectivity index (χ2n) is 5.89. The number of ether oxygens (including phenoxy) is 4. The third-order valence-electron chi connectivity index (χ3n) is 4.48. The Kier molecular flexibility index (Phi) is 4.76. The maximum atomic E-state index is 5.56. The molecule has 0 saturated carbocycles. The molecule has 26 heavy (non-hydrogen) atoms. The molecule has 0 aliphatic carbocycles. The van der Waals surface area contributed by atoms with E-state index in [1.807, 2.05) is 24.4 Å². The first-order chi connectivity index (χ1) is 12.7. The molecule has 1 aromatic heterocycles. The summed E-state index contributed by atoms with van der Waals surface area (Å²) in [7, 11) is 3.27. The van der Waals surface area contributed by atoms with E-state index in [1.165, 1.54) is 5.56 Å². The van der Waals surface area contributed by atoms with Crippen LogP contribution in [0.1, 0.15) is 5.56 Å². The zero-order valence-corrected chi connectivity index (χ0v) is 16.7. The van der Waals surface area contributed by atoms with Gasteiger partial charge in [-0.1, -0.05) is 28.7 Å². The van der Waals surface area contributed by atoms with Crippen molar-refractivity contribution >= 4 is 33.4 Å². The summed E-state index contributed by atoms with van der Waals surface area (Å²) >= 11 is 2.38. The van der Waals surface area contributed by atoms with Gasteiger partial charge in [0.1, 0.15) is 0 Å². The Morgan fingerprint density at radius 2 is 1.88 bits per heavy atom. The van der Waals surface area contributed by atoms with E-state index in [4.69, 9.17) is 23.9 Å². The Balaban J connectivity index is 1.87. The van der Waals surface area contributed by atoms with Gasteiger partial charge in [-0.15, -0.1) is 0 Å². The van der Waals surface area contributed by atoms with Crippen LogP contribution in [-0.2, 0) is 6.42 Å². The molecular weight excluding hydrogens is 445 g/mol. The molecule has 0 radical (unpaired) electrons. The molecule has 0 fully saturated rings. The van der Waals surface area contributed by atoms with Crippen LogP contribution in [0.2, 0.25) is 0 Å². The number of halogens is 1. The summed E-state index contributed by atoms with van der Waals surface area (Å²) in [5.41, 5.74) is 3.18. The molecule has 0 unspecified atom stereocenters. The highest BCUT2D eigenvalue weighted by Crippen LogP contribution is 2.40. The highest BCUT2D eigenvalue weighted by atomic mass is 127. The average molecular weight is 463 g/mol. The second-order valence-corrected chi connectivity index (χ2v) is 6.97. The van der Waals surface area contributed by atoms with Crippen LogP contribution in [0, 0.1) is 0 Å². The molecule has 3 aromatic rings. The van der Waals surface area contributed by atoms with Crippen molar-refractivity contribution in [3.8, 4) is 34.3 Å². The van der Waals surface area contributed by atoms with Crippen molar-refractivity contribution in [3.05, 3.63) is 42.1 Å². The van der Waals surface area contributed by atoms with Gasteiger partial charge in [0.05, 0.1) is 19.9 Å². The van der Waals surface area contributed by atoms with Crippen LogP contribution in [0.4, 0.5) is 0 Å².